The Bertz CT molecular complexity index is 2180. The van der Waals surface area contributed by atoms with E-state index in [9.17, 15) is 14.7 Å². The number of rotatable bonds is 13. The second-order valence-electron chi connectivity index (χ2n) is 15.3. The SMILES string of the molecule is COc1ccc([Si](C)(C)[C@@H]2[C@@H](CC(=O)N(CCO)Cc3ccccc3)O[C@]3(C(=O)N(Cc4cccc(NC(=O)c5ccccc5)c4)c4ccccc43)[C@H]2C)cc1. The molecule has 10 heteroatoms. The van der Waals surface area contributed by atoms with Crippen LogP contribution in [0.5, 0.6) is 5.75 Å². The van der Waals surface area contributed by atoms with E-state index in [1.807, 2.05) is 109 Å². The van der Waals surface area contributed by atoms with Crippen LogP contribution in [0.3, 0.4) is 0 Å². The van der Waals surface area contributed by atoms with Gasteiger partial charge in [0.1, 0.15) is 5.75 Å². The lowest BCUT2D eigenvalue weighted by atomic mass is 9.82. The van der Waals surface area contributed by atoms with Crippen molar-refractivity contribution in [2.45, 2.75) is 56.8 Å². The van der Waals surface area contributed by atoms with Gasteiger partial charge in [-0.15, -0.1) is 0 Å². The first-order valence-corrected chi connectivity index (χ1v) is 22.3. The van der Waals surface area contributed by atoms with Gasteiger partial charge in [-0.05, 0) is 59.1 Å². The summed E-state index contributed by atoms with van der Waals surface area (Å²) >= 11 is 0. The molecule has 5 aromatic carbocycles. The second kappa shape index (κ2) is 16.3. The number of carbonyl (C=O) groups is 3. The molecule has 3 amide bonds. The summed E-state index contributed by atoms with van der Waals surface area (Å²) in [6.45, 7) is 7.34. The Morgan fingerprint density at radius 3 is 2.23 bits per heavy atom. The van der Waals surface area contributed by atoms with Crippen molar-refractivity contribution in [1.82, 2.24) is 4.90 Å². The lowest BCUT2D eigenvalue weighted by Gasteiger charge is -2.37. The van der Waals surface area contributed by atoms with Gasteiger partial charge in [0.25, 0.3) is 11.8 Å². The highest BCUT2D eigenvalue weighted by atomic mass is 28.3. The van der Waals surface area contributed by atoms with E-state index in [0.717, 1.165) is 28.1 Å². The summed E-state index contributed by atoms with van der Waals surface area (Å²) in [6.07, 6.45) is -0.513. The normalized spacial score (nSPS) is 20.2. The second-order valence-corrected chi connectivity index (χ2v) is 20.0. The number of aliphatic hydroxyl groups excluding tert-OH is 1. The molecule has 0 saturated carbocycles. The lowest BCUT2D eigenvalue weighted by molar-refractivity contribution is -0.150. The van der Waals surface area contributed by atoms with Gasteiger partial charge in [0.15, 0.2) is 5.60 Å². The molecule has 2 aliphatic heterocycles. The van der Waals surface area contributed by atoms with Crippen LogP contribution in [-0.2, 0) is 33.0 Å². The first-order chi connectivity index (χ1) is 27.1. The summed E-state index contributed by atoms with van der Waals surface area (Å²) in [5, 5.41) is 14.2. The van der Waals surface area contributed by atoms with E-state index in [4.69, 9.17) is 9.47 Å². The standard InChI is InChI=1S/C46H49N3O6Si/c1-32-43(56(3,4)38-24-22-37(54-2)23-25-38)41(29-42(51)48(26-27-50)30-33-14-7-5-8-15-33)55-46(32)39-20-11-12-21-40(39)49(45(46)53)31-34-16-13-19-36(28-34)47-44(52)35-17-9-6-10-18-35/h5-25,28,32,41,43,50H,26-27,29-31H2,1-4H3,(H,47,52)/t32-,41+,43-,46+/m0/s1. The zero-order valence-electron chi connectivity index (χ0n) is 32.4. The third-order valence-electron chi connectivity index (χ3n) is 11.6. The van der Waals surface area contributed by atoms with E-state index in [1.165, 1.54) is 5.19 Å². The van der Waals surface area contributed by atoms with Crippen LogP contribution in [0.25, 0.3) is 0 Å². The van der Waals surface area contributed by atoms with Crippen LogP contribution >= 0.6 is 0 Å². The number of fused-ring (bicyclic) bond motifs is 2. The van der Waals surface area contributed by atoms with E-state index >= 15 is 4.79 Å². The Hall–Kier alpha value is -5.55. The first kappa shape index (κ1) is 38.7. The number of carbonyl (C=O) groups excluding carboxylic acids is 3. The number of methoxy groups -OCH3 is 1. The molecule has 56 heavy (non-hydrogen) atoms. The summed E-state index contributed by atoms with van der Waals surface area (Å²) in [7, 11) is -0.858. The molecule has 1 saturated heterocycles. The Morgan fingerprint density at radius 2 is 1.54 bits per heavy atom. The number of aliphatic hydroxyl groups is 1. The summed E-state index contributed by atoms with van der Waals surface area (Å²) in [4.78, 5) is 46.0. The van der Waals surface area contributed by atoms with Crippen molar-refractivity contribution in [3.8, 4) is 5.75 Å². The highest BCUT2D eigenvalue weighted by Crippen LogP contribution is 2.60. The van der Waals surface area contributed by atoms with Crippen LogP contribution in [0.1, 0.15) is 40.4 Å². The zero-order valence-corrected chi connectivity index (χ0v) is 33.4. The molecule has 0 aliphatic carbocycles. The van der Waals surface area contributed by atoms with Gasteiger partial charge in [-0.3, -0.25) is 14.4 Å². The van der Waals surface area contributed by atoms with Crippen molar-refractivity contribution >= 4 is 42.4 Å². The molecule has 288 valence electrons. The van der Waals surface area contributed by atoms with Gasteiger partial charge < -0.3 is 29.7 Å². The molecule has 2 N–H and O–H groups in total. The lowest BCUT2D eigenvalue weighted by Crippen LogP contribution is -2.52. The predicted molar refractivity (Wildman–Crippen MR) is 222 cm³/mol. The van der Waals surface area contributed by atoms with Crippen molar-refractivity contribution in [1.29, 1.82) is 0 Å². The van der Waals surface area contributed by atoms with Crippen LogP contribution < -0.4 is 20.1 Å². The Kier molecular flexibility index (Phi) is 11.2. The minimum absolute atomic E-state index is 0.0643. The molecule has 5 aromatic rings. The van der Waals surface area contributed by atoms with Gasteiger partial charge in [0, 0.05) is 35.8 Å². The molecule has 0 unspecified atom stereocenters. The molecule has 1 fully saturated rings. The van der Waals surface area contributed by atoms with E-state index < -0.39 is 19.8 Å². The molecule has 2 aliphatic rings. The van der Waals surface area contributed by atoms with E-state index in [2.05, 4.69) is 37.5 Å². The number of benzene rings is 5. The number of amides is 3. The Labute approximate surface area is 329 Å². The van der Waals surface area contributed by atoms with Gasteiger partial charge in [-0.2, -0.15) is 0 Å². The molecule has 7 rings (SSSR count). The molecule has 2 heterocycles. The highest BCUT2D eigenvalue weighted by Gasteiger charge is 2.66. The van der Waals surface area contributed by atoms with E-state index in [0.29, 0.717) is 17.8 Å². The Balaban J connectivity index is 1.23. The number of para-hydroxylation sites is 1. The number of ether oxygens (including phenoxy) is 2. The van der Waals surface area contributed by atoms with Crippen molar-refractivity contribution in [2.24, 2.45) is 5.92 Å². The highest BCUT2D eigenvalue weighted by molar-refractivity contribution is 6.91. The van der Waals surface area contributed by atoms with Gasteiger partial charge in [0.2, 0.25) is 5.91 Å². The van der Waals surface area contributed by atoms with Crippen LogP contribution in [0, 0.1) is 5.92 Å². The Morgan fingerprint density at radius 1 is 0.875 bits per heavy atom. The first-order valence-electron chi connectivity index (χ1n) is 19.2. The summed E-state index contributed by atoms with van der Waals surface area (Å²) in [5.74, 6) is -0.0430. The quantitative estimate of drug-likeness (QED) is 0.124. The predicted octanol–water partition coefficient (Wildman–Crippen LogP) is 7.12. The third kappa shape index (κ3) is 7.39. The van der Waals surface area contributed by atoms with Gasteiger partial charge in [-0.1, -0.05) is 116 Å². The fourth-order valence-electron chi connectivity index (χ4n) is 8.87. The monoisotopic (exact) mass is 767 g/mol. The maximum absolute atomic E-state index is 15.3. The molecule has 0 radical (unpaired) electrons. The number of nitrogens with one attached hydrogen (secondary N) is 1. The van der Waals surface area contributed by atoms with Crippen molar-refractivity contribution in [2.75, 3.05) is 30.5 Å². The van der Waals surface area contributed by atoms with Crippen LogP contribution in [-0.4, -0.2) is 62.2 Å². The average Bonchev–Trinajstić information content (AvgIpc) is 3.64. The van der Waals surface area contributed by atoms with Crippen molar-refractivity contribution < 1.29 is 29.0 Å². The molecule has 9 nitrogen and oxygen atoms in total. The molecule has 4 atom stereocenters. The van der Waals surface area contributed by atoms with Gasteiger partial charge >= 0.3 is 0 Å². The number of hydrogen-bond donors (Lipinski definition) is 2. The molecule has 0 aromatic heterocycles. The molecule has 0 bridgehead atoms. The fraction of sp³-hybridized carbons (Fsp3) is 0.283. The largest absolute Gasteiger partial charge is 0.497 e. The van der Waals surface area contributed by atoms with Gasteiger partial charge in [-0.25, -0.2) is 0 Å². The molecular formula is C46H49N3O6Si. The summed E-state index contributed by atoms with van der Waals surface area (Å²) in [6, 6.07) is 42.3. The maximum atomic E-state index is 15.3. The zero-order chi connectivity index (χ0) is 39.5. The van der Waals surface area contributed by atoms with Crippen LogP contribution in [0.2, 0.25) is 18.6 Å². The summed E-state index contributed by atoms with van der Waals surface area (Å²) < 4.78 is 12.7. The maximum Gasteiger partial charge on any atom is 0.264 e. The van der Waals surface area contributed by atoms with E-state index in [1.54, 1.807) is 29.0 Å². The topological polar surface area (TPSA) is 108 Å². The molecular weight excluding hydrogens is 719 g/mol. The van der Waals surface area contributed by atoms with Crippen molar-refractivity contribution in [3.05, 3.63) is 156 Å². The average molecular weight is 768 g/mol. The fourth-order valence-corrected chi connectivity index (χ4v) is 12.9. The number of hydrogen-bond acceptors (Lipinski definition) is 6. The smallest absolute Gasteiger partial charge is 0.264 e. The van der Waals surface area contributed by atoms with E-state index in [-0.39, 0.29) is 55.3 Å². The van der Waals surface area contributed by atoms with Gasteiger partial charge in [0.05, 0.1) is 46.5 Å². The minimum Gasteiger partial charge on any atom is -0.497 e. The number of nitrogens with zero attached hydrogens (tertiary/aromatic N) is 2. The third-order valence-corrected chi connectivity index (χ3v) is 16.0. The summed E-state index contributed by atoms with van der Waals surface area (Å²) in [5.41, 5.74) is 3.09. The number of anilines is 2. The minimum atomic E-state index is -2.51. The van der Waals surface area contributed by atoms with Crippen LogP contribution in [0.4, 0.5) is 11.4 Å². The molecule has 1 spiro atoms. The van der Waals surface area contributed by atoms with Crippen molar-refractivity contribution in [3.63, 3.8) is 0 Å². The van der Waals surface area contributed by atoms with Crippen LogP contribution in [0.15, 0.2) is 133 Å².